The molecule has 3 aromatic carbocycles. The lowest BCUT2D eigenvalue weighted by Gasteiger charge is -2.07. The topological polar surface area (TPSA) is 69.9 Å². The molecule has 160 valence electrons. The highest BCUT2D eigenvalue weighted by Crippen LogP contribution is 2.23. The molecule has 6 nitrogen and oxygen atoms in total. The molecule has 1 heterocycles. The van der Waals surface area contributed by atoms with E-state index < -0.39 is 0 Å². The fourth-order valence-corrected chi connectivity index (χ4v) is 3.57. The van der Waals surface area contributed by atoms with Gasteiger partial charge in [-0.15, -0.1) is 0 Å². The minimum Gasteiger partial charge on any atom is -0.465 e. The van der Waals surface area contributed by atoms with Gasteiger partial charge in [-0.1, -0.05) is 30.3 Å². The molecule has 0 aliphatic carbocycles. The normalized spacial score (nSPS) is 11.1. The van der Waals surface area contributed by atoms with E-state index in [1.165, 1.54) is 14.2 Å². The second-order valence-electron chi connectivity index (χ2n) is 7.22. The van der Waals surface area contributed by atoms with Crippen molar-refractivity contribution in [2.45, 2.75) is 6.54 Å². The van der Waals surface area contributed by atoms with Crippen LogP contribution in [0.15, 0.2) is 84.0 Å². The Morgan fingerprint density at radius 2 is 1.59 bits per heavy atom. The summed E-state index contributed by atoms with van der Waals surface area (Å²) in [4.78, 5) is 28.0. The molecule has 4 aromatic rings. The van der Waals surface area contributed by atoms with Crippen LogP contribution in [0.4, 0.5) is 5.69 Å². The number of nitrogens with zero attached hydrogens (tertiary/aromatic N) is 2. The molecule has 0 bridgehead atoms. The number of carbonyl (C=O) groups is 2. The van der Waals surface area contributed by atoms with Crippen molar-refractivity contribution >= 4 is 34.7 Å². The summed E-state index contributed by atoms with van der Waals surface area (Å²) in [7, 11) is 2.74. The zero-order valence-electron chi connectivity index (χ0n) is 17.8. The first-order valence-electron chi connectivity index (χ1n) is 10.1. The summed E-state index contributed by atoms with van der Waals surface area (Å²) in [5, 5.41) is 1.08. The van der Waals surface area contributed by atoms with Gasteiger partial charge in [0.1, 0.15) is 0 Å². The van der Waals surface area contributed by atoms with Gasteiger partial charge in [0.25, 0.3) is 0 Å². The van der Waals surface area contributed by atoms with E-state index in [-0.39, 0.29) is 11.9 Å². The van der Waals surface area contributed by atoms with E-state index in [4.69, 9.17) is 9.47 Å². The van der Waals surface area contributed by atoms with Gasteiger partial charge in [0.05, 0.1) is 31.0 Å². The summed E-state index contributed by atoms with van der Waals surface area (Å²) >= 11 is 0. The minimum atomic E-state index is -0.375. The first kappa shape index (κ1) is 21.1. The summed E-state index contributed by atoms with van der Waals surface area (Å²) in [6.45, 7) is 0.604. The van der Waals surface area contributed by atoms with Crippen LogP contribution < -0.4 is 0 Å². The highest BCUT2D eigenvalue weighted by molar-refractivity contribution is 6.00. The lowest BCUT2D eigenvalue weighted by atomic mass is 10.1. The Labute approximate surface area is 185 Å². The summed E-state index contributed by atoms with van der Waals surface area (Å²) in [5.41, 5.74) is 4.78. The molecule has 0 saturated heterocycles. The Hall–Kier alpha value is -4.19. The number of hydrogen-bond acceptors (Lipinski definition) is 5. The van der Waals surface area contributed by atoms with Crippen LogP contribution in [0.1, 0.15) is 31.8 Å². The van der Waals surface area contributed by atoms with E-state index in [0.717, 1.165) is 27.7 Å². The Bertz CT molecular complexity index is 1300. The minimum absolute atomic E-state index is 0.352. The molecular weight excluding hydrogens is 404 g/mol. The number of methoxy groups -OCH3 is 2. The van der Waals surface area contributed by atoms with E-state index in [1.54, 1.807) is 30.3 Å². The number of benzene rings is 3. The molecule has 0 aliphatic rings. The van der Waals surface area contributed by atoms with Crippen LogP contribution in [0, 0.1) is 0 Å². The Kier molecular flexibility index (Phi) is 6.12. The molecule has 1 aromatic heterocycles. The maximum absolute atomic E-state index is 11.9. The SMILES string of the molecule is COC(=O)c1ccc(N=Cc2cn(Cc3cccc(C(=O)OC)c3)c3ccccc23)cc1. The molecule has 0 fully saturated rings. The number of aliphatic imine (C=N–C) groups is 1. The molecule has 0 spiro atoms. The van der Waals surface area contributed by atoms with Crippen LogP contribution in [0.25, 0.3) is 10.9 Å². The second kappa shape index (κ2) is 9.31. The van der Waals surface area contributed by atoms with Crippen molar-refractivity contribution in [3.05, 3.63) is 101 Å². The van der Waals surface area contributed by atoms with Crippen molar-refractivity contribution in [2.24, 2.45) is 4.99 Å². The molecule has 6 heteroatoms. The molecule has 0 N–H and O–H groups in total. The van der Waals surface area contributed by atoms with Gasteiger partial charge in [0, 0.05) is 35.4 Å². The zero-order valence-corrected chi connectivity index (χ0v) is 17.8. The number of rotatable bonds is 6. The summed E-state index contributed by atoms with van der Waals surface area (Å²) in [6, 6.07) is 22.5. The van der Waals surface area contributed by atoms with E-state index in [9.17, 15) is 9.59 Å². The van der Waals surface area contributed by atoms with E-state index in [2.05, 4.69) is 21.7 Å². The average molecular weight is 426 g/mol. The number of hydrogen-bond donors (Lipinski definition) is 0. The first-order chi connectivity index (χ1) is 15.6. The van der Waals surface area contributed by atoms with Gasteiger partial charge in [-0.3, -0.25) is 4.99 Å². The van der Waals surface area contributed by atoms with Crippen LogP contribution in [-0.4, -0.2) is 36.9 Å². The van der Waals surface area contributed by atoms with E-state index >= 15 is 0 Å². The predicted octanol–water partition coefficient (Wildman–Crippen LogP) is 5.01. The average Bonchev–Trinajstić information content (AvgIpc) is 3.19. The van der Waals surface area contributed by atoms with Crippen LogP contribution in [0.2, 0.25) is 0 Å². The van der Waals surface area contributed by atoms with Gasteiger partial charge in [0.2, 0.25) is 0 Å². The quantitative estimate of drug-likeness (QED) is 0.321. The summed E-state index contributed by atoms with van der Waals surface area (Å²) < 4.78 is 11.7. The van der Waals surface area contributed by atoms with E-state index in [0.29, 0.717) is 17.7 Å². The Morgan fingerprint density at radius 3 is 2.34 bits per heavy atom. The fourth-order valence-electron chi connectivity index (χ4n) is 3.57. The van der Waals surface area contributed by atoms with Gasteiger partial charge >= 0.3 is 11.9 Å². The monoisotopic (exact) mass is 426 g/mol. The molecule has 0 saturated carbocycles. The maximum Gasteiger partial charge on any atom is 0.337 e. The molecule has 0 unspecified atom stereocenters. The van der Waals surface area contributed by atoms with Crippen molar-refractivity contribution in [2.75, 3.05) is 14.2 Å². The molecule has 0 radical (unpaired) electrons. The van der Waals surface area contributed by atoms with Gasteiger partial charge in [-0.25, -0.2) is 9.59 Å². The largest absolute Gasteiger partial charge is 0.465 e. The van der Waals surface area contributed by atoms with Crippen LogP contribution >= 0.6 is 0 Å². The second-order valence-corrected chi connectivity index (χ2v) is 7.22. The summed E-state index contributed by atoms with van der Waals surface area (Å²) in [6.07, 6.45) is 3.86. The predicted molar refractivity (Wildman–Crippen MR) is 124 cm³/mol. The zero-order chi connectivity index (χ0) is 22.5. The number of ether oxygens (including phenoxy) is 2. The Balaban J connectivity index is 1.63. The number of fused-ring (bicyclic) bond motifs is 1. The fraction of sp³-hybridized carbons (Fsp3) is 0.115. The van der Waals surface area contributed by atoms with Gasteiger partial charge in [0.15, 0.2) is 0 Å². The molecule has 0 aliphatic heterocycles. The number of esters is 2. The molecule has 0 amide bonds. The highest BCUT2D eigenvalue weighted by Gasteiger charge is 2.10. The maximum atomic E-state index is 11.9. The van der Waals surface area contributed by atoms with Crippen LogP contribution in [0.3, 0.4) is 0 Å². The smallest absolute Gasteiger partial charge is 0.337 e. The molecular formula is C26H22N2O4. The third-order valence-corrected chi connectivity index (χ3v) is 5.16. The van der Waals surface area contributed by atoms with Gasteiger partial charge < -0.3 is 14.0 Å². The third kappa shape index (κ3) is 4.44. The van der Waals surface area contributed by atoms with Crippen molar-refractivity contribution in [3.63, 3.8) is 0 Å². The lowest BCUT2D eigenvalue weighted by molar-refractivity contribution is 0.0592. The number of para-hydroxylation sites is 1. The lowest BCUT2D eigenvalue weighted by Crippen LogP contribution is -2.03. The number of carbonyl (C=O) groups excluding carboxylic acids is 2. The highest BCUT2D eigenvalue weighted by atomic mass is 16.5. The first-order valence-corrected chi connectivity index (χ1v) is 10.1. The van der Waals surface area contributed by atoms with Crippen molar-refractivity contribution in [1.29, 1.82) is 0 Å². The van der Waals surface area contributed by atoms with Crippen molar-refractivity contribution in [1.82, 2.24) is 4.57 Å². The molecule has 32 heavy (non-hydrogen) atoms. The standard InChI is InChI=1S/C26H22N2O4/c1-31-25(29)19-10-12-22(13-11-19)27-15-21-17-28(24-9-4-3-8-23(21)24)16-18-6-5-7-20(14-18)26(30)32-2/h3-15,17H,16H2,1-2H3. The van der Waals surface area contributed by atoms with Crippen molar-refractivity contribution < 1.29 is 19.1 Å². The van der Waals surface area contributed by atoms with Crippen molar-refractivity contribution in [3.8, 4) is 0 Å². The van der Waals surface area contributed by atoms with Gasteiger partial charge in [-0.05, 0) is 48.0 Å². The van der Waals surface area contributed by atoms with Gasteiger partial charge in [-0.2, -0.15) is 0 Å². The third-order valence-electron chi connectivity index (χ3n) is 5.16. The summed E-state index contributed by atoms with van der Waals surface area (Å²) in [5.74, 6) is -0.727. The van der Waals surface area contributed by atoms with E-state index in [1.807, 2.05) is 42.7 Å². The number of aromatic nitrogens is 1. The Morgan fingerprint density at radius 1 is 0.875 bits per heavy atom. The van der Waals surface area contributed by atoms with Crippen LogP contribution in [0.5, 0.6) is 0 Å². The molecule has 4 rings (SSSR count). The van der Waals surface area contributed by atoms with Crippen LogP contribution in [-0.2, 0) is 16.0 Å². The molecule has 0 atom stereocenters.